The fourth-order valence-electron chi connectivity index (χ4n) is 2.05. The highest BCUT2D eigenvalue weighted by atomic mass is 35.5. The maximum Gasteiger partial charge on any atom is 0.165 e. The smallest absolute Gasteiger partial charge is 0.165 e. The largest absolute Gasteiger partial charge is 0.300 e. The normalized spacial score (nSPS) is 17.4. The van der Waals surface area contributed by atoms with Gasteiger partial charge < -0.3 is 0 Å². The summed E-state index contributed by atoms with van der Waals surface area (Å²) in [5.41, 5.74) is 0.698. The summed E-state index contributed by atoms with van der Waals surface area (Å²) >= 11 is 5.77. The third kappa shape index (κ3) is 2.50. The first-order chi connectivity index (χ1) is 7.66. The summed E-state index contributed by atoms with van der Waals surface area (Å²) < 4.78 is 0. The topological polar surface area (TPSA) is 34.1 Å². The Bertz CT molecular complexity index is 398. The Morgan fingerprint density at radius 3 is 2.25 bits per heavy atom. The van der Waals surface area contributed by atoms with Gasteiger partial charge in [-0.1, -0.05) is 11.6 Å². The van der Waals surface area contributed by atoms with Gasteiger partial charge in [0.2, 0.25) is 0 Å². The van der Waals surface area contributed by atoms with Crippen molar-refractivity contribution < 1.29 is 9.59 Å². The molecule has 2 rings (SSSR count). The first-order valence-corrected chi connectivity index (χ1v) is 5.86. The van der Waals surface area contributed by atoms with Crippen LogP contribution in [0.3, 0.4) is 0 Å². The van der Waals surface area contributed by atoms with Crippen LogP contribution in [0.1, 0.15) is 36.0 Å². The van der Waals surface area contributed by atoms with Crippen molar-refractivity contribution in [3.05, 3.63) is 34.9 Å². The van der Waals surface area contributed by atoms with Crippen molar-refractivity contribution in [2.24, 2.45) is 5.92 Å². The van der Waals surface area contributed by atoms with E-state index in [0.29, 0.717) is 36.3 Å². The summed E-state index contributed by atoms with van der Waals surface area (Å²) in [4.78, 5) is 23.1. The molecule has 3 heteroatoms. The maximum atomic E-state index is 12.1. The van der Waals surface area contributed by atoms with E-state index in [-0.39, 0.29) is 17.5 Å². The lowest BCUT2D eigenvalue weighted by molar-refractivity contribution is -0.120. The molecule has 0 unspecified atom stereocenters. The average Bonchev–Trinajstić information content (AvgIpc) is 2.30. The van der Waals surface area contributed by atoms with Gasteiger partial charge in [-0.05, 0) is 37.1 Å². The van der Waals surface area contributed by atoms with Gasteiger partial charge in [0, 0.05) is 29.3 Å². The molecule has 2 nitrogen and oxygen atoms in total. The van der Waals surface area contributed by atoms with Gasteiger partial charge in [0.05, 0.1) is 0 Å². The van der Waals surface area contributed by atoms with E-state index < -0.39 is 0 Å². The molecule has 0 bridgehead atoms. The predicted molar refractivity (Wildman–Crippen MR) is 62.7 cm³/mol. The molecule has 0 N–H and O–H groups in total. The minimum atomic E-state index is 0.0128. The van der Waals surface area contributed by atoms with Crippen LogP contribution in [0.2, 0.25) is 5.02 Å². The van der Waals surface area contributed by atoms with Crippen molar-refractivity contribution in [2.45, 2.75) is 25.7 Å². The third-order valence-corrected chi connectivity index (χ3v) is 3.29. The number of hydrogen-bond donors (Lipinski definition) is 0. The number of hydrogen-bond acceptors (Lipinski definition) is 2. The Kier molecular flexibility index (Phi) is 3.39. The Morgan fingerprint density at radius 1 is 1.12 bits per heavy atom. The number of halogens is 1. The molecule has 1 aliphatic rings. The lowest BCUT2D eigenvalue weighted by Crippen LogP contribution is -2.21. The van der Waals surface area contributed by atoms with Crippen molar-refractivity contribution in [3.63, 3.8) is 0 Å². The quantitative estimate of drug-likeness (QED) is 0.739. The van der Waals surface area contributed by atoms with Crippen molar-refractivity contribution in [3.8, 4) is 0 Å². The zero-order chi connectivity index (χ0) is 11.5. The van der Waals surface area contributed by atoms with Crippen LogP contribution in [-0.4, -0.2) is 11.6 Å². The Labute approximate surface area is 99.6 Å². The number of carbonyl (C=O) groups excluding carboxylic acids is 2. The minimum absolute atomic E-state index is 0.0128. The highest BCUT2D eigenvalue weighted by Crippen LogP contribution is 2.25. The second kappa shape index (κ2) is 4.79. The van der Waals surface area contributed by atoms with E-state index in [1.807, 2.05) is 0 Å². The highest BCUT2D eigenvalue weighted by molar-refractivity contribution is 6.30. The number of benzene rings is 1. The lowest BCUT2D eigenvalue weighted by Gasteiger charge is -2.19. The van der Waals surface area contributed by atoms with E-state index >= 15 is 0 Å². The van der Waals surface area contributed by atoms with Crippen LogP contribution in [0.15, 0.2) is 24.3 Å². The summed E-state index contributed by atoms with van der Waals surface area (Å²) in [6, 6.07) is 6.95. The van der Waals surface area contributed by atoms with E-state index in [2.05, 4.69) is 0 Å². The molecule has 1 aromatic carbocycles. The maximum absolute atomic E-state index is 12.1. The van der Waals surface area contributed by atoms with Gasteiger partial charge in [0.25, 0.3) is 0 Å². The first-order valence-electron chi connectivity index (χ1n) is 5.48. The SMILES string of the molecule is O=C1CCC(C(=O)c2ccc(Cl)cc2)CC1. The Hall–Kier alpha value is -1.15. The highest BCUT2D eigenvalue weighted by Gasteiger charge is 2.25. The summed E-state index contributed by atoms with van der Waals surface area (Å²) in [7, 11) is 0. The molecule has 1 aromatic rings. The molecule has 1 fully saturated rings. The zero-order valence-corrected chi connectivity index (χ0v) is 9.67. The number of carbonyl (C=O) groups is 2. The lowest BCUT2D eigenvalue weighted by atomic mass is 9.83. The van der Waals surface area contributed by atoms with Crippen LogP contribution < -0.4 is 0 Å². The molecule has 0 radical (unpaired) electrons. The van der Waals surface area contributed by atoms with Crippen molar-refractivity contribution in [1.29, 1.82) is 0 Å². The second-order valence-electron chi connectivity index (χ2n) is 4.18. The number of Topliss-reactive ketones (excluding diaryl/α,β-unsaturated/α-hetero) is 2. The summed E-state index contributed by atoms with van der Waals surface area (Å²) in [5.74, 6) is 0.434. The molecule has 0 amide bonds. The molecule has 16 heavy (non-hydrogen) atoms. The predicted octanol–water partition coefficient (Wildman–Crippen LogP) is 3.28. The molecule has 0 heterocycles. The summed E-state index contributed by atoms with van der Waals surface area (Å²) in [6.45, 7) is 0. The molecule has 0 saturated heterocycles. The van der Waals surface area contributed by atoms with Crippen LogP contribution in [-0.2, 0) is 4.79 Å². The molecule has 0 aliphatic heterocycles. The zero-order valence-electron chi connectivity index (χ0n) is 8.91. The van der Waals surface area contributed by atoms with Gasteiger partial charge in [-0.2, -0.15) is 0 Å². The second-order valence-corrected chi connectivity index (χ2v) is 4.62. The van der Waals surface area contributed by atoms with Gasteiger partial charge in [0.1, 0.15) is 5.78 Å². The average molecular weight is 237 g/mol. The van der Waals surface area contributed by atoms with Crippen LogP contribution in [0.5, 0.6) is 0 Å². The van der Waals surface area contributed by atoms with Crippen molar-refractivity contribution in [2.75, 3.05) is 0 Å². The van der Waals surface area contributed by atoms with Gasteiger partial charge >= 0.3 is 0 Å². The molecular formula is C13H13ClO2. The van der Waals surface area contributed by atoms with E-state index in [1.165, 1.54) is 0 Å². The molecule has 0 aromatic heterocycles. The van der Waals surface area contributed by atoms with E-state index in [1.54, 1.807) is 24.3 Å². The minimum Gasteiger partial charge on any atom is -0.300 e. The number of ketones is 2. The Morgan fingerprint density at radius 2 is 1.69 bits per heavy atom. The van der Waals surface area contributed by atoms with Gasteiger partial charge in [0.15, 0.2) is 5.78 Å². The van der Waals surface area contributed by atoms with Crippen LogP contribution >= 0.6 is 11.6 Å². The fraction of sp³-hybridized carbons (Fsp3) is 0.385. The first kappa shape index (κ1) is 11.3. The molecular weight excluding hydrogens is 224 g/mol. The Balaban J connectivity index is 2.07. The molecule has 84 valence electrons. The van der Waals surface area contributed by atoms with Crippen LogP contribution in [0.4, 0.5) is 0 Å². The molecule has 0 atom stereocenters. The van der Waals surface area contributed by atoms with E-state index in [0.717, 1.165) is 0 Å². The van der Waals surface area contributed by atoms with E-state index in [4.69, 9.17) is 11.6 Å². The molecule has 1 aliphatic carbocycles. The molecule has 1 saturated carbocycles. The van der Waals surface area contributed by atoms with Crippen molar-refractivity contribution >= 4 is 23.2 Å². The van der Waals surface area contributed by atoms with Crippen LogP contribution in [0, 0.1) is 5.92 Å². The van der Waals surface area contributed by atoms with Crippen molar-refractivity contribution in [1.82, 2.24) is 0 Å². The molecule has 0 spiro atoms. The number of rotatable bonds is 2. The summed E-state index contributed by atoms with van der Waals surface area (Å²) in [6.07, 6.45) is 2.48. The summed E-state index contributed by atoms with van der Waals surface area (Å²) in [5, 5.41) is 0.635. The van der Waals surface area contributed by atoms with Crippen LogP contribution in [0.25, 0.3) is 0 Å². The van der Waals surface area contributed by atoms with Gasteiger partial charge in [-0.25, -0.2) is 0 Å². The fourth-order valence-corrected chi connectivity index (χ4v) is 2.18. The van der Waals surface area contributed by atoms with Gasteiger partial charge in [-0.3, -0.25) is 9.59 Å². The van der Waals surface area contributed by atoms with Gasteiger partial charge in [-0.15, -0.1) is 0 Å². The van der Waals surface area contributed by atoms with E-state index in [9.17, 15) is 9.59 Å². The standard InChI is InChI=1S/C13H13ClO2/c14-11-5-1-9(2-6-11)13(16)10-3-7-12(15)8-4-10/h1-2,5-6,10H,3-4,7-8H2. The third-order valence-electron chi connectivity index (χ3n) is 3.04. The monoisotopic (exact) mass is 236 g/mol.